The van der Waals surface area contributed by atoms with E-state index < -0.39 is 33.7 Å². The average molecular weight is 570 g/mol. The number of nitrogens with one attached hydrogen (secondary N) is 2. The molecule has 5 rings (SSSR count). The molecule has 0 bridgehead atoms. The Bertz CT molecular complexity index is 1260. The van der Waals surface area contributed by atoms with Gasteiger partial charge in [0.2, 0.25) is 21.9 Å². The van der Waals surface area contributed by atoms with Crippen molar-refractivity contribution in [3.63, 3.8) is 0 Å². The van der Waals surface area contributed by atoms with Gasteiger partial charge in [0.25, 0.3) is 0 Å². The van der Waals surface area contributed by atoms with Crippen molar-refractivity contribution in [3.8, 4) is 5.88 Å². The predicted molar refractivity (Wildman–Crippen MR) is 138 cm³/mol. The molecule has 214 valence electrons. The van der Waals surface area contributed by atoms with Crippen LogP contribution in [-0.4, -0.2) is 74.2 Å². The fraction of sp³-hybridized carbons (Fsp3) is 0.615. The van der Waals surface area contributed by atoms with Crippen LogP contribution in [0.2, 0.25) is 0 Å². The summed E-state index contributed by atoms with van der Waals surface area (Å²) in [6.45, 7) is 5.05. The van der Waals surface area contributed by atoms with E-state index in [0.29, 0.717) is 31.8 Å². The van der Waals surface area contributed by atoms with Crippen LogP contribution in [0, 0.1) is 6.92 Å². The number of anilines is 1. The molecule has 1 aromatic carbocycles. The molecule has 0 amide bonds. The molecule has 0 spiro atoms. The highest BCUT2D eigenvalue weighted by Gasteiger charge is 2.38. The van der Waals surface area contributed by atoms with Gasteiger partial charge in [0.15, 0.2) is 0 Å². The first kappa shape index (κ1) is 28.1. The summed E-state index contributed by atoms with van der Waals surface area (Å²) in [4.78, 5) is 8.15. The van der Waals surface area contributed by atoms with Gasteiger partial charge in [-0.15, -0.1) is 0 Å². The highest BCUT2D eigenvalue weighted by atomic mass is 32.2. The lowest BCUT2D eigenvalue weighted by molar-refractivity contribution is -0.139. The summed E-state index contributed by atoms with van der Waals surface area (Å²) in [7, 11) is -3.67. The van der Waals surface area contributed by atoms with E-state index in [4.69, 9.17) is 9.47 Å². The van der Waals surface area contributed by atoms with Gasteiger partial charge in [0.1, 0.15) is 11.7 Å². The van der Waals surface area contributed by atoms with Crippen molar-refractivity contribution in [2.45, 2.75) is 68.2 Å². The van der Waals surface area contributed by atoms with Gasteiger partial charge in [-0.25, -0.2) is 13.4 Å². The van der Waals surface area contributed by atoms with Crippen LogP contribution < -0.4 is 15.4 Å². The van der Waals surface area contributed by atoms with E-state index in [1.165, 1.54) is 9.87 Å². The molecule has 3 aliphatic rings. The Morgan fingerprint density at radius 1 is 1.18 bits per heavy atom. The fourth-order valence-corrected chi connectivity index (χ4v) is 7.00. The topological polar surface area (TPSA) is 106 Å². The molecule has 39 heavy (non-hydrogen) atoms. The summed E-state index contributed by atoms with van der Waals surface area (Å²) >= 11 is 0. The molecule has 0 radical (unpaired) electrons. The lowest BCUT2D eigenvalue weighted by Gasteiger charge is -2.32. The molecule has 9 nitrogen and oxygen atoms in total. The number of hydrogen-bond donors (Lipinski definition) is 2. The van der Waals surface area contributed by atoms with Crippen LogP contribution in [0.3, 0.4) is 0 Å². The van der Waals surface area contributed by atoms with Crippen LogP contribution in [0.5, 0.6) is 5.88 Å². The molecular formula is C26H34F3N5O4S. The van der Waals surface area contributed by atoms with Crippen LogP contribution in [0.25, 0.3) is 0 Å². The Labute approximate surface area is 226 Å². The van der Waals surface area contributed by atoms with E-state index in [2.05, 4.69) is 20.6 Å². The van der Waals surface area contributed by atoms with Gasteiger partial charge in [0.05, 0.1) is 18.1 Å². The quantitative estimate of drug-likeness (QED) is 0.520. The second-order valence-electron chi connectivity index (χ2n) is 10.4. The number of benzene rings is 1. The first-order valence-corrected chi connectivity index (χ1v) is 14.8. The Balaban J connectivity index is 1.22. The third kappa shape index (κ3) is 6.47. The summed E-state index contributed by atoms with van der Waals surface area (Å²) < 4.78 is 79.3. The highest BCUT2D eigenvalue weighted by Crippen LogP contribution is 2.36. The van der Waals surface area contributed by atoms with Crippen molar-refractivity contribution < 1.29 is 31.1 Å². The number of halogens is 3. The van der Waals surface area contributed by atoms with Crippen LogP contribution in [0.4, 0.5) is 19.1 Å². The van der Waals surface area contributed by atoms with Gasteiger partial charge in [-0.05, 0) is 68.3 Å². The molecule has 2 atom stereocenters. The second kappa shape index (κ2) is 11.6. The highest BCUT2D eigenvalue weighted by molar-refractivity contribution is 7.89. The van der Waals surface area contributed by atoms with Crippen molar-refractivity contribution in [1.29, 1.82) is 0 Å². The van der Waals surface area contributed by atoms with Crippen LogP contribution >= 0.6 is 0 Å². The lowest BCUT2D eigenvalue weighted by atomic mass is 9.89. The van der Waals surface area contributed by atoms with E-state index in [0.717, 1.165) is 37.7 Å². The summed E-state index contributed by atoms with van der Waals surface area (Å²) in [5, 5.41) is 6.46. The fourth-order valence-electron chi connectivity index (χ4n) is 5.44. The Morgan fingerprint density at radius 2 is 1.97 bits per heavy atom. The van der Waals surface area contributed by atoms with Crippen molar-refractivity contribution in [2.75, 3.05) is 44.7 Å². The van der Waals surface area contributed by atoms with Gasteiger partial charge < -0.3 is 20.1 Å². The number of sulfonamides is 1. The number of rotatable bonds is 7. The molecule has 0 saturated carbocycles. The molecule has 1 aromatic heterocycles. The summed E-state index contributed by atoms with van der Waals surface area (Å²) in [6.07, 6.45) is -0.842. The molecule has 3 fully saturated rings. The maximum absolute atomic E-state index is 13.5. The summed E-state index contributed by atoms with van der Waals surface area (Å²) in [5.41, 5.74) is 1.12. The molecule has 4 heterocycles. The molecule has 0 aliphatic carbocycles. The van der Waals surface area contributed by atoms with Gasteiger partial charge in [-0.1, -0.05) is 6.07 Å². The number of alkyl halides is 3. The predicted octanol–water partition coefficient (Wildman–Crippen LogP) is 3.70. The number of hydrogen-bond acceptors (Lipinski definition) is 8. The first-order valence-electron chi connectivity index (χ1n) is 13.4. The smallest absolute Gasteiger partial charge is 0.423 e. The first-order chi connectivity index (χ1) is 18.6. The lowest BCUT2D eigenvalue weighted by Crippen LogP contribution is -2.42. The maximum atomic E-state index is 13.5. The van der Waals surface area contributed by atoms with Crippen molar-refractivity contribution in [3.05, 3.63) is 41.1 Å². The van der Waals surface area contributed by atoms with Crippen molar-refractivity contribution in [2.24, 2.45) is 0 Å². The van der Waals surface area contributed by atoms with Crippen molar-refractivity contribution >= 4 is 16.0 Å². The molecule has 3 saturated heterocycles. The summed E-state index contributed by atoms with van der Waals surface area (Å²) in [6, 6.07) is 5.20. The number of aryl methyl sites for hydroxylation is 1. The van der Waals surface area contributed by atoms with Crippen molar-refractivity contribution in [1.82, 2.24) is 19.6 Å². The molecular weight excluding hydrogens is 535 g/mol. The number of piperidine rings is 2. The standard InChI is InChI=1S/C26H34F3N5O4S/c1-17-13-21(4-5-22(17)18-3-2-9-30-14-18)39(35,36)34-10-6-19(7-11-34)32-25-31-15-23(26(27,28)29)24(33-25)38-20-8-12-37-16-20/h4-5,13,15,18-20,30H,2-3,6-12,14,16H2,1H3,(H,31,32,33)/t18?,20-/m0/s1. The third-order valence-corrected chi connectivity index (χ3v) is 9.52. The molecule has 2 aromatic rings. The normalized spacial score (nSPS) is 23.6. The van der Waals surface area contributed by atoms with Gasteiger partial charge >= 0.3 is 6.18 Å². The summed E-state index contributed by atoms with van der Waals surface area (Å²) in [5.74, 6) is -0.123. The number of ether oxygens (including phenoxy) is 2. The molecule has 3 aliphatic heterocycles. The molecule has 13 heteroatoms. The average Bonchev–Trinajstić information content (AvgIpc) is 3.42. The monoisotopic (exact) mass is 569 g/mol. The SMILES string of the molecule is Cc1cc(S(=O)(=O)N2CCC(Nc3ncc(C(F)(F)F)c(O[C@H]4CCOC4)n3)CC2)ccc1C1CCCNC1. The zero-order chi connectivity index (χ0) is 27.6. The van der Waals surface area contributed by atoms with Crippen LogP contribution in [0.15, 0.2) is 29.3 Å². The zero-order valence-corrected chi connectivity index (χ0v) is 22.7. The Hall–Kier alpha value is -2.48. The number of aromatic nitrogens is 2. The third-order valence-electron chi connectivity index (χ3n) is 7.63. The zero-order valence-electron chi connectivity index (χ0n) is 21.8. The van der Waals surface area contributed by atoms with E-state index in [9.17, 15) is 21.6 Å². The van der Waals surface area contributed by atoms with Crippen LogP contribution in [-0.2, 0) is 20.9 Å². The second-order valence-corrected chi connectivity index (χ2v) is 12.3. The van der Waals surface area contributed by atoms with Gasteiger partial charge in [-0.3, -0.25) is 0 Å². The van der Waals surface area contributed by atoms with Gasteiger partial charge in [0, 0.05) is 38.3 Å². The number of nitrogens with zero attached hydrogens (tertiary/aromatic N) is 3. The van der Waals surface area contributed by atoms with Crippen LogP contribution in [0.1, 0.15) is 54.7 Å². The Morgan fingerprint density at radius 3 is 2.62 bits per heavy atom. The van der Waals surface area contributed by atoms with E-state index in [1.807, 2.05) is 13.0 Å². The van der Waals surface area contributed by atoms with Gasteiger partial charge in [-0.2, -0.15) is 22.5 Å². The van der Waals surface area contributed by atoms with E-state index >= 15 is 0 Å². The molecule has 1 unspecified atom stereocenters. The largest absolute Gasteiger partial charge is 0.471 e. The minimum absolute atomic E-state index is 0.0154. The Kier molecular flexibility index (Phi) is 8.32. The molecule has 2 N–H and O–H groups in total. The minimum Gasteiger partial charge on any atom is -0.471 e. The minimum atomic E-state index is -4.66. The maximum Gasteiger partial charge on any atom is 0.423 e. The van der Waals surface area contributed by atoms with E-state index in [-0.39, 0.29) is 36.6 Å². The van der Waals surface area contributed by atoms with E-state index in [1.54, 1.807) is 12.1 Å².